The van der Waals surface area contributed by atoms with Gasteiger partial charge in [0.1, 0.15) is 5.52 Å². The molecule has 0 radical (unpaired) electrons. The average Bonchev–Trinajstić information content (AvgIpc) is 3.02. The minimum Gasteiger partial charge on any atom is -0.353 e. The van der Waals surface area contributed by atoms with Crippen LogP contribution in [0.3, 0.4) is 0 Å². The summed E-state index contributed by atoms with van der Waals surface area (Å²) in [5.74, 6) is 1.07. The fourth-order valence-corrected chi connectivity index (χ4v) is 4.58. The molecule has 7 heteroatoms. The maximum absolute atomic E-state index is 12.9. The number of fused-ring (bicyclic) bond motifs is 1. The maximum Gasteiger partial charge on any atom is 0.278 e. The van der Waals surface area contributed by atoms with Gasteiger partial charge >= 0.3 is 0 Å². The number of H-pyrrole nitrogens is 1. The average molecular weight is 391 g/mol. The number of aromatic nitrogens is 3. The monoisotopic (exact) mass is 390 g/mol. The molecule has 2 aromatic rings. The molecule has 1 aliphatic carbocycles. The molecule has 1 atom stereocenters. The summed E-state index contributed by atoms with van der Waals surface area (Å²) in [6, 6.07) is 2.20. The van der Waals surface area contributed by atoms with E-state index in [9.17, 15) is 9.59 Å². The first-order valence-corrected chi connectivity index (χ1v) is 10.9. The van der Waals surface area contributed by atoms with E-state index in [0.717, 1.165) is 30.9 Å². The largest absolute Gasteiger partial charge is 0.353 e. The highest BCUT2D eigenvalue weighted by Crippen LogP contribution is 2.25. The number of hydrogen-bond acceptors (Lipinski definition) is 4. The highest BCUT2D eigenvalue weighted by molar-refractivity contribution is 7.99. The van der Waals surface area contributed by atoms with E-state index in [1.807, 2.05) is 26.8 Å². The summed E-state index contributed by atoms with van der Waals surface area (Å²) in [4.78, 5) is 33.1. The second-order valence-electron chi connectivity index (χ2n) is 7.85. The van der Waals surface area contributed by atoms with Gasteiger partial charge < -0.3 is 10.3 Å². The van der Waals surface area contributed by atoms with Crippen molar-refractivity contribution in [3.8, 4) is 0 Å². The molecule has 1 unspecified atom stereocenters. The van der Waals surface area contributed by atoms with E-state index < -0.39 is 0 Å². The van der Waals surface area contributed by atoms with Crippen molar-refractivity contribution in [2.45, 2.75) is 77.0 Å². The number of carbonyl (C=O) groups excluding carboxylic acids is 1. The normalized spacial score (nSPS) is 21.3. The third-order valence-corrected chi connectivity index (χ3v) is 6.48. The predicted octanol–water partition coefficient (Wildman–Crippen LogP) is 3.79. The number of carbonyl (C=O) groups is 1. The Balaban J connectivity index is 1.75. The molecule has 0 bridgehead atoms. The lowest BCUT2D eigenvalue weighted by molar-refractivity contribution is -0.119. The van der Waals surface area contributed by atoms with Gasteiger partial charge in [0.15, 0.2) is 5.16 Å². The molecule has 3 rings (SSSR count). The van der Waals surface area contributed by atoms with Crippen molar-refractivity contribution < 1.29 is 4.79 Å². The standard InChI is InChI=1S/C20H30N4O2S/c1-5-14(4)24-19(26)18-16(10-13(3)21-18)23-20(24)27-11-17(25)22-15-8-6-12(2)7-9-15/h10,12,14-15,21H,5-9,11H2,1-4H3,(H,22,25). The number of nitrogens with zero attached hydrogens (tertiary/aromatic N) is 2. The number of aromatic amines is 1. The van der Waals surface area contributed by atoms with Gasteiger partial charge in [-0.25, -0.2) is 4.98 Å². The number of amides is 1. The second kappa shape index (κ2) is 8.50. The summed E-state index contributed by atoms with van der Waals surface area (Å²) >= 11 is 1.35. The zero-order chi connectivity index (χ0) is 19.6. The van der Waals surface area contributed by atoms with E-state index in [4.69, 9.17) is 0 Å². The highest BCUT2D eigenvalue weighted by Gasteiger charge is 2.21. The van der Waals surface area contributed by atoms with Gasteiger partial charge in [-0.1, -0.05) is 25.6 Å². The Morgan fingerprint density at radius 1 is 1.41 bits per heavy atom. The quantitative estimate of drug-likeness (QED) is 0.581. The van der Waals surface area contributed by atoms with Crippen molar-refractivity contribution in [2.24, 2.45) is 5.92 Å². The smallest absolute Gasteiger partial charge is 0.278 e. The molecule has 0 aliphatic heterocycles. The number of hydrogen-bond donors (Lipinski definition) is 2. The van der Waals surface area contributed by atoms with Gasteiger partial charge in [0, 0.05) is 17.8 Å². The first-order valence-electron chi connectivity index (χ1n) is 9.93. The van der Waals surface area contributed by atoms with Crippen LogP contribution in [0, 0.1) is 12.8 Å². The van der Waals surface area contributed by atoms with Crippen LogP contribution >= 0.6 is 11.8 Å². The summed E-state index contributed by atoms with van der Waals surface area (Å²) in [6.07, 6.45) is 5.30. The predicted molar refractivity (Wildman–Crippen MR) is 110 cm³/mol. The van der Waals surface area contributed by atoms with E-state index >= 15 is 0 Å². The molecule has 0 saturated heterocycles. The van der Waals surface area contributed by atoms with Crippen molar-refractivity contribution in [3.05, 3.63) is 22.1 Å². The third-order valence-electron chi connectivity index (χ3n) is 5.53. The molecule has 0 spiro atoms. The van der Waals surface area contributed by atoms with Crippen LogP contribution in [0.4, 0.5) is 0 Å². The lowest BCUT2D eigenvalue weighted by Gasteiger charge is -2.26. The molecule has 6 nitrogen and oxygen atoms in total. The Kier molecular flexibility index (Phi) is 6.29. The van der Waals surface area contributed by atoms with Crippen LogP contribution in [0.5, 0.6) is 0 Å². The molecule has 2 N–H and O–H groups in total. The number of nitrogens with one attached hydrogen (secondary N) is 2. The second-order valence-corrected chi connectivity index (χ2v) is 8.79. The van der Waals surface area contributed by atoms with Gasteiger partial charge in [-0.05, 0) is 57.9 Å². The van der Waals surface area contributed by atoms with E-state index in [1.165, 1.54) is 24.6 Å². The van der Waals surface area contributed by atoms with Crippen molar-refractivity contribution in [2.75, 3.05) is 5.75 Å². The number of rotatable bonds is 6. The minimum absolute atomic E-state index is 0.0230. The van der Waals surface area contributed by atoms with E-state index in [-0.39, 0.29) is 29.3 Å². The van der Waals surface area contributed by atoms with Crippen LogP contribution in [-0.2, 0) is 4.79 Å². The molecular formula is C20H30N4O2S. The van der Waals surface area contributed by atoms with E-state index in [1.54, 1.807) is 4.57 Å². The Hall–Kier alpha value is -1.76. The first-order chi connectivity index (χ1) is 12.9. The minimum atomic E-state index is -0.0633. The molecule has 1 fully saturated rings. The highest BCUT2D eigenvalue weighted by atomic mass is 32.2. The Morgan fingerprint density at radius 2 is 2.11 bits per heavy atom. The Labute approximate surface area is 164 Å². The summed E-state index contributed by atoms with van der Waals surface area (Å²) in [6.45, 7) is 8.25. The molecular weight excluding hydrogens is 360 g/mol. The van der Waals surface area contributed by atoms with Crippen LogP contribution in [0.15, 0.2) is 16.0 Å². The zero-order valence-electron chi connectivity index (χ0n) is 16.7. The van der Waals surface area contributed by atoms with E-state index in [2.05, 4.69) is 22.2 Å². The van der Waals surface area contributed by atoms with Gasteiger partial charge in [-0.3, -0.25) is 14.2 Å². The maximum atomic E-state index is 12.9. The summed E-state index contributed by atoms with van der Waals surface area (Å²) in [5, 5.41) is 3.77. The molecule has 2 aromatic heterocycles. The summed E-state index contributed by atoms with van der Waals surface area (Å²) in [7, 11) is 0. The van der Waals surface area contributed by atoms with Gasteiger partial charge in [-0.2, -0.15) is 0 Å². The lowest BCUT2D eigenvalue weighted by Crippen LogP contribution is -2.38. The molecule has 1 amide bonds. The number of aryl methyl sites for hydroxylation is 1. The van der Waals surface area contributed by atoms with Gasteiger partial charge in [0.25, 0.3) is 5.56 Å². The van der Waals surface area contributed by atoms with E-state index in [0.29, 0.717) is 16.2 Å². The SMILES string of the molecule is CCC(C)n1c(SCC(=O)NC2CCC(C)CC2)nc2cc(C)[nH]c2c1=O. The van der Waals surface area contributed by atoms with Crippen molar-refractivity contribution >= 4 is 28.7 Å². The fraction of sp³-hybridized carbons (Fsp3) is 0.650. The van der Waals surface area contributed by atoms with Crippen LogP contribution in [-0.4, -0.2) is 32.2 Å². The molecule has 148 valence electrons. The molecule has 1 saturated carbocycles. The van der Waals surface area contributed by atoms with Crippen molar-refractivity contribution in [3.63, 3.8) is 0 Å². The van der Waals surface area contributed by atoms with Crippen molar-refractivity contribution in [1.82, 2.24) is 19.9 Å². The summed E-state index contributed by atoms with van der Waals surface area (Å²) in [5.41, 5.74) is 2.06. The molecule has 27 heavy (non-hydrogen) atoms. The Morgan fingerprint density at radius 3 is 2.78 bits per heavy atom. The molecule has 1 aliphatic rings. The topological polar surface area (TPSA) is 79.8 Å². The number of thioether (sulfide) groups is 1. The third kappa shape index (κ3) is 4.57. The molecule has 2 heterocycles. The zero-order valence-corrected chi connectivity index (χ0v) is 17.5. The van der Waals surface area contributed by atoms with Gasteiger partial charge in [-0.15, -0.1) is 0 Å². The van der Waals surface area contributed by atoms with Crippen LogP contribution in [0.2, 0.25) is 0 Å². The lowest BCUT2D eigenvalue weighted by atomic mass is 9.87. The first kappa shape index (κ1) is 20.0. The van der Waals surface area contributed by atoms with Crippen LogP contribution in [0.1, 0.15) is 64.6 Å². The fourth-order valence-electron chi connectivity index (χ4n) is 3.67. The Bertz CT molecular complexity index is 865. The van der Waals surface area contributed by atoms with Crippen LogP contribution < -0.4 is 10.9 Å². The summed E-state index contributed by atoms with van der Waals surface area (Å²) < 4.78 is 1.72. The van der Waals surface area contributed by atoms with Gasteiger partial charge in [0.05, 0.1) is 11.3 Å². The van der Waals surface area contributed by atoms with Gasteiger partial charge in [0.2, 0.25) is 5.91 Å². The van der Waals surface area contributed by atoms with Crippen LogP contribution in [0.25, 0.3) is 11.0 Å². The van der Waals surface area contributed by atoms with Crippen molar-refractivity contribution in [1.29, 1.82) is 0 Å². The molecule has 0 aromatic carbocycles.